The molecule has 1 aliphatic heterocycles. The molecule has 7 rings (SSSR count). The van der Waals surface area contributed by atoms with Gasteiger partial charge in [0.05, 0.1) is 54.7 Å². The summed E-state index contributed by atoms with van der Waals surface area (Å²) in [7, 11) is 1.53. The van der Waals surface area contributed by atoms with E-state index in [9.17, 15) is 9.18 Å². The van der Waals surface area contributed by atoms with Crippen LogP contribution < -0.4 is 4.74 Å². The lowest BCUT2D eigenvalue weighted by molar-refractivity contribution is -0.129. The quantitative estimate of drug-likeness (QED) is 0.144. The number of methoxy groups -OCH3 is 1. The average molecular weight is 627 g/mol. The van der Waals surface area contributed by atoms with E-state index in [1.807, 2.05) is 51.8 Å². The van der Waals surface area contributed by atoms with Gasteiger partial charge < -0.3 is 18.8 Å². The lowest BCUT2D eigenvalue weighted by atomic mass is 9.96. The van der Waals surface area contributed by atoms with Crippen molar-refractivity contribution in [2.75, 3.05) is 20.3 Å². The Balaban J connectivity index is 1.49. The molecule has 0 bridgehead atoms. The maximum absolute atomic E-state index is 16.0. The van der Waals surface area contributed by atoms with Crippen LogP contribution in [0.15, 0.2) is 73.2 Å². The van der Waals surface area contributed by atoms with E-state index in [2.05, 4.69) is 11.6 Å². The van der Waals surface area contributed by atoms with E-state index in [4.69, 9.17) is 19.6 Å². The number of halogens is 2. The number of aromatic nitrogens is 5. The summed E-state index contributed by atoms with van der Waals surface area (Å²) in [4.78, 5) is 23.7. The number of amides is 1. The van der Waals surface area contributed by atoms with Gasteiger partial charge in [0.1, 0.15) is 35.4 Å². The minimum absolute atomic E-state index is 0.0373. The second-order valence-corrected chi connectivity index (χ2v) is 11.7. The highest BCUT2D eigenvalue weighted by atomic mass is 32.1. The third-order valence-electron chi connectivity index (χ3n) is 7.97. The smallest absolute Gasteiger partial charge is 0.246 e. The molecule has 1 atom stereocenters. The highest BCUT2D eigenvalue weighted by Crippen LogP contribution is 2.47. The maximum Gasteiger partial charge on any atom is 0.246 e. The molecule has 1 aliphatic rings. The van der Waals surface area contributed by atoms with Crippen molar-refractivity contribution in [3.05, 3.63) is 90.5 Å². The molecule has 5 aromatic heterocycles. The van der Waals surface area contributed by atoms with Crippen LogP contribution in [0.5, 0.6) is 5.75 Å². The zero-order chi connectivity index (χ0) is 31.2. The van der Waals surface area contributed by atoms with Crippen LogP contribution in [0.25, 0.3) is 49.4 Å². The monoisotopic (exact) mass is 626 g/mol. The number of imidazole rings is 1. The molecular formula is C33H28F2N6O3S. The predicted molar refractivity (Wildman–Crippen MR) is 168 cm³/mol. The van der Waals surface area contributed by atoms with Gasteiger partial charge in [0, 0.05) is 52.7 Å². The minimum atomic E-state index is -0.784. The molecule has 0 N–H and O–H groups in total. The Bertz CT molecular complexity index is 2100. The van der Waals surface area contributed by atoms with Crippen molar-refractivity contribution in [1.29, 1.82) is 0 Å². The van der Waals surface area contributed by atoms with E-state index in [1.165, 1.54) is 30.6 Å². The fourth-order valence-electron chi connectivity index (χ4n) is 5.81. The molecule has 0 radical (unpaired) electrons. The minimum Gasteiger partial charge on any atom is -0.490 e. The van der Waals surface area contributed by atoms with Gasteiger partial charge in [0.25, 0.3) is 0 Å². The molecule has 0 saturated heterocycles. The van der Waals surface area contributed by atoms with Gasteiger partial charge in [-0.1, -0.05) is 6.58 Å². The van der Waals surface area contributed by atoms with Gasteiger partial charge in [0.2, 0.25) is 5.91 Å². The number of pyridine rings is 2. The zero-order valence-corrected chi connectivity index (χ0v) is 25.4. The second kappa shape index (κ2) is 11.5. The number of fused-ring (bicyclic) bond motifs is 3. The van der Waals surface area contributed by atoms with Crippen LogP contribution in [-0.2, 0) is 22.6 Å². The number of hydrogen-bond donors (Lipinski definition) is 0. The molecule has 0 fully saturated rings. The van der Waals surface area contributed by atoms with E-state index in [0.717, 1.165) is 32.9 Å². The highest BCUT2D eigenvalue weighted by molar-refractivity contribution is 7.18. The lowest BCUT2D eigenvalue weighted by Gasteiger charge is -2.33. The maximum atomic E-state index is 16.0. The van der Waals surface area contributed by atoms with Crippen LogP contribution in [0.3, 0.4) is 0 Å². The fraction of sp³-hybridized carbons (Fsp3) is 0.212. The van der Waals surface area contributed by atoms with Crippen LogP contribution >= 0.6 is 11.3 Å². The number of carbonyl (C=O) groups excluding carboxylic acids is 1. The summed E-state index contributed by atoms with van der Waals surface area (Å²) in [6.07, 6.45) is 6.74. The predicted octanol–water partition coefficient (Wildman–Crippen LogP) is 6.36. The Kier molecular flexibility index (Phi) is 7.38. The number of benzene rings is 1. The van der Waals surface area contributed by atoms with E-state index in [0.29, 0.717) is 35.7 Å². The topological polar surface area (TPSA) is 86.8 Å². The molecule has 6 aromatic rings. The molecule has 0 spiro atoms. The van der Waals surface area contributed by atoms with E-state index < -0.39 is 11.6 Å². The number of thiophene rings is 1. The van der Waals surface area contributed by atoms with Crippen molar-refractivity contribution in [1.82, 2.24) is 29.0 Å². The fourth-order valence-corrected chi connectivity index (χ4v) is 6.76. The van der Waals surface area contributed by atoms with Gasteiger partial charge in [-0.15, -0.1) is 11.3 Å². The third kappa shape index (κ3) is 5.05. The Morgan fingerprint density at radius 2 is 2.02 bits per heavy atom. The van der Waals surface area contributed by atoms with Crippen LogP contribution in [0, 0.1) is 11.6 Å². The molecule has 1 aromatic carbocycles. The van der Waals surface area contributed by atoms with Crippen LogP contribution in [0.1, 0.15) is 12.6 Å². The Labute approximate surface area is 261 Å². The summed E-state index contributed by atoms with van der Waals surface area (Å²) < 4.78 is 46.1. The van der Waals surface area contributed by atoms with Crippen molar-refractivity contribution >= 4 is 32.8 Å². The molecule has 9 nitrogen and oxygen atoms in total. The van der Waals surface area contributed by atoms with Gasteiger partial charge in [-0.3, -0.25) is 9.48 Å². The normalized spacial score (nSPS) is 14.7. The molecule has 0 saturated carbocycles. The first-order valence-electron chi connectivity index (χ1n) is 14.3. The van der Waals surface area contributed by atoms with Crippen molar-refractivity contribution < 1.29 is 23.0 Å². The highest BCUT2D eigenvalue weighted by Gasteiger charge is 2.30. The Morgan fingerprint density at radius 3 is 2.84 bits per heavy atom. The molecule has 45 heavy (non-hydrogen) atoms. The number of ether oxygens (including phenoxy) is 2. The largest absolute Gasteiger partial charge is 0.490 e. The van der Waals surface area contributed by atoms with Crippen molar-refractivity contribution in [3.8, 4) is 39.5 Å². The van der Waals surface area contributed by atoms with Gasteiger partial charge >= 0.3 is 0 Å². The van der Waals surface area contributed by atoms with Crippen LogP contribution in [0.4, 0.5) is 8.78 Å². The summed E-state index contributed by atoms with van der Waals surface area (Å²) in [5, 5.41) is 7.64. The van der Waals surface area contributed by atoms with Gasteiger partial charge in [-0.2, -0.15) is 5.10 Å². The van der Waals surface area contributed by atoms with Crippen LogP contribution in [0.2, 0.25) is 0 Å². The van der Waals surface area contributed by atoms with E-state index in [-0.39, 0.29) is 36.5 Å². The van der Waals surface area contributed by atoms with E-state index in [1.54, 1.807) is 17.4 Å². The number of nitrogens with zero attached hydrogens (tertiary/aromatic N) is 6. The second-order valence-electron chi connectivity index (χ2n) is 10.8. The molecular weight excluding hydrogens is 598 g/mol. The molecule has 228 valence electrons. The lowest BCUT2D eigenvalue weighted by Crippen LogP contribution is -2.44. The standard InChI is InChI=1S/C33H28F2N6O3S/c1-4-28(42)40-17-23-13-26(38-41(23)15-19(40)2)32-30(29-25(35)11-21(34)12-27(29)44-9-8-43-3)33-24(7-10-45-33)31(37-32)20-5-6-22-14-36-18-39(22)16-20/h4-7,10-14,16,18-19H,1,8-9,15,17H2,2-3H3. The Hall–Kier alpha value is -4.94. The van der Waals surface area contributed by atoms with Gasteiger partial charge in [-0.25, -0.2) is 18.7 Å². The van der Waals surface area contributed by atoms with Crippen molar-refractivity contribution in [3.63, 3.8) is 0 Å². The average Bonchev–Trinajstić information content (AvgIpc) is 3.79. The first-order valence-corrected chi connectivity index (χ1v) is 15.2. The van der Waals surface area contributed by atoms with Crippen molar-refractivity contribution in [2.45, 2.75) is 26.1 Å². The molecule has 6 heterocycles. The number of carbonyl (C=O) groups is 1. The molecule has 1 unspecified atom stereocenters. The molecule has 12 heteroatoms. The van der Waals surface area contributed by atoms with Gasteiger partial charge in [-0.05, 0) is 42.6 Å². The summed E-state index contributed by atoms with van der Waals surface area (Å²) in [5.74, 6) is -1.67. The third-order valence-corrected chi connectivity index (χ3v) is 8.90. The van der Waals surface area contributed by atoms with E-state index >= 15 is 4.39 Å². The summed E-state index contributed by atoms with van der Waals surface area (Å²) in [6, 6.07) is 9.65. The summed E-state index contributed by atoms with van der Waals surface area (Å²) >= 11 is 1.43. The number of hydrogen-bond acceptors (Lipinski definition) is 7. The zero-order valence-electron chi connectivity index (χ0n) is 24.5. The summed E-state index contributed by atoms with van der Waals surface area (Å²) in [6.45, 7) is 6.72. The first kappa shape index (κ1) is 28.8. The molecule has 1 amide bonds. The first-order chi connectivity index (χ1) is 21.9. The summed E-state index contributed by atoms with van der Waals surface area (Å²) in [5.41, 5.74) is 4.66. The van der Waals surface area contributed by atoms with Crippen molar-refractivity contribution in [2.24, 2.45) is 0 Å². The van der Waals surface area contributed by atoms with Crippen LogP contribution in [-0.4, -0.2) is 61.3 Å². The number of rotatable bonds is 8. The Morgan fingerprint density at radius 1 is 1.16 bits per heavy atom. The molecule has 0 aliphatic carbocycles. The SMILES string of the molecule is C=CC(=O)N1Cc2cc(-c3nc(-c4ccc5cncn5c4)c4ccsc4c3-c3c(F)cc(F)cc3OCCOC)nn2CC1C. The van der Waals surface area contributed by atoms with Gasteiger partial charge in [0.15, 0.2) is 0 Å².